The number of aryl methyl sites for hydroxylation is 1. The number of nitrogens with zero attached hydrogens (tertiary/aromatic N) is 5. The number of likely N-dealkylation sites (N-methyl/N-ethyl adjacent to an activating group) is 1. The number of rotatable bonds is 10. The number of fused-ring (bicyclic) bond motifs is 1. The molecule has 2 amide bonds. The third kappa shape index (κ3) is 5.74. The molecule has 0 atom stereocenters. The summed E-state index contributed by atoms with van der Waals surface area (Å²) in [6.45, 7) is 11.2. The van der Waals surface area contributed by atoms with E-state index in [0.717, 1.165) is 30.8 Å². The number of carbonyl (C=O) groups excluding carboxylic acids is 2. The van der Waals surface area contributed by atoms with Crippen molar-refractivity contribution in [3.05, 3.63) is 57.3 Å². The Morgan fingerprint density at radius 2 is 2.03 bits per heavy atom. The monoisotopic (exact) mass is 552 g/mol. The van der Waals surface area contributed by atoms with E-state index in [1.54, 1.807) is 31.6 Å². The zero-order valence-electron chi connectivity index (χ0n) is 22.8. The van der Waals surface area contributed by atoms with Crippen molar-refractivity contribution in [1.29, 1.82) is 0 Å². The number of nitrogen functional groups attached to an aromatic ring is 1. The van der Waals surface area contributed by atoms with E-state index in [1.807, 2.05) is 13.8 Å². The lowest BCUT2D eigenvalue weighted by Gasteiger charge is -2.19. The second-order valence-electron chi connectivity index (χ2n) is 9.19. The number of carbonyl (C=O) groups is 2. The molecule has 206 valence electrons. The molecule has 0 unspecified atom stereocenters. The Labute approximate surface area is 232 Å². The number of methoxy groups -OCH3 is 1. The molecule has 3 aromatic rings. The van der Waals surface area contributed by atoms with Crippen LogP contribution in [0.15, 0.2) is 18.5 Å². The smallest absolute Gasteiger partial charge is 0.260 e. The SMILES string of the molecule is CCN(CC)CCNC(=O)c1c[nH]c(C=C2C(=O)N(Cc3ncc(C)c(OC)c3C)c3nc(N)nc(Cl)c32)c1. The van der Waals surface area contributed by atoms with Crippen LogP contribution in [0.5, 0.6) is 5.75 Å². The van der Waals surface area contributed by atoms with Crippen molar-refractivity contribution < 1.29 is 14.3 Å². The number of nitrogens with two attached hydrogens (primary N) is 1. The molecule has 4 heterocycles. The van der Waals surface area contributed by atoms with Gasteiger partial charge >= 0.3 is 0 Å². The van der Waals surface area contributed by atoms with Crippen LogP contribution in [0.4, 0.5) is 11.8 Å². The molecule has 1 aliphatic rings. The minimum absolute atomic E-state index is 0.0486. The van der Waals surface area contributed by atoms with Crippen molar-refractivity contribution in [2.45, 2.75) is 34.2 Å². The Morgan fingerprint density at radius 1 is 1.28 bits per heavy atom. The van der Waals surface area contributed by atoms with Crippen LogP contribution in [0.1, 0.15) is 52.3 Å². The summed E-state index contributed by atoms with van der Waals surface area (Å²) in [6, 6.07) is 1.68. The summed E-state index contributed by atoms with van der Waals surface area (Å²) in [7, 11) is 1.60. The number of hydrogen-bond donors (Lipinski definition) is 3. The van der Waals surface area contributed by atoms with Crippen LogP contribution < -0.4 is 20.7 Å². The van der Waals surface area contributed by atoms with Crippen molar-refractivity contribution in [3.8, 4) is 5.75 Å². The van der Waals surface area contributed by atoms with Crippen LogP contribution >= 0.6 is 11.6 Å². The molecular formula is C27H33ClN8O3. The summed E-state index contributed by atoms with van der Waals surface area (Å²) in [5.41, 5.74) is 9.90. The van der Waals surface area contributed by atoms with Gasteiger partial charge in [0.25, 0.3) is 11.8 Å². The van der Waals surface area contributed by atoms with Crippen LogP contribution in [0, 0.1) is 13.8 Å². The lowest BCUT2D eigenvalue weighted by molar-refractivity contribution is -0.113. The number of anilines is 2. The number of aromatic nitrogens is 4. The van der Waals surface area contributed by atoms with Gasteiger partial charge in [-0.15, -0.1) is 0 Å². The predicted molar refractivity (Wildman–Crippen MR) is 152 cm³/mol. The highest BCUT2D eigenvalue weighted by molar-refractivity contribution is 6.41. The van der Waals surface area contributed by atoms with Crippen molar-refractivity contribution in [1.82, 2.24) is 30.2 Å². The van der Waals surface area contributed by atoms with E-state index in [4.69, 9.17) is 22.1 Å². The Hall–Kier alpha value is -3.96. The van der Waals surface area contributed by atoms with Crippen LogP contribution in [-0.2, 0) is 11.3 Å². The third-order valence-electron chi connectivity index (χ3n) is 6.80. The summed E-state index contributed by atoms with van der Waals surface area (Å²) >= 11 is 6.47. The van der Waals surface area contributed by atoms with Gasteiger partial charge in [0.15, 0.2) is 5.82 Å². The van der Waals surface area contributed by atoms with Gasteiger partial charge in [0.1, 0.15) is 10.9 Å². The number of amides is 2. The number of pyridine rings is 1. The Balaban J connectivity index is 1.62. The predicted octanol–water partition coefficient (Wildman–Crippen LogP) is 3.22. The fourth-order valence-electron chi connectivity index (χ4n) is 4.63. The van der Waals surface area contributed by atoms with Gasteiger partial charge < -0.3 is 25.7 Å². The Bertz CT molecular complexity index is 1430. The summed E-state index contributed by atoms with van der Waals surface area (Å²) in [6.07, 6.45) is 4.94. The van der Waals surface area contributed by atoms with E-state index in [9.17, 15) is 9.59 Å². The Kier molecular flexibility index (Phi) is 8.51. The molecule has 11 nitrogen and oxygen atoms in total. The first kappa shape index (κ1) is 28.1. The zero-order chi connectivity index (χ0) is 28.3. The molecule has 0 aromatic carbocycles. The van der Waals surface area contributed by atoms with Crippen molar-refractivity contribution in [3.63, 3.8) is 0 Å². The normalized spacial score (nSPS) is 13.9. The van der Waals surface area contributed by atoms with E-state index in [-0.39, 0.29) is 35.0 Å². The Morgan fingerprint density at radius 3 is 2.72 bits per heavy atom. The number of hydrogen-bond acceptors (Lipinski definition) is 8. The number of halogens is 1. The highest BCUT2D eigenvalue weighted by Gasteiger charge is 2.37. The maximum Gasteiger partial charge on any atom is 0.260 e. The molecule has 3 aromatic heterocycles. The minimum Gasteiger partial charge on any atom is -0.496 e. The maximum atomic E-state index is 13.7. The summed E-state index contributed by atoms with van der Waals surface area (Å²) in [5, 5.41) is 2.99. The van der Waals surface area contributed by atoms with E-state index < -0.39 is 0 Å². The van der Waals surface area contributed by atoms with Gasteiger partial charge in [-0.05, 0) is 39.1 Å². The third-order valence-corrected chi connectivity index (χ3v) is 7.07. The standard InChI is InChI=1S/C27H33ClN8O3/c1-6-35(7-2)9-8-30-25(37)17-10-18(31-13-17)11-19-21-23(28)33-27(29)34-24(21)36(26(19)38)14-20-16(4)22(39-5)15(3)12-32-20/h10-13,31H,6-9,14H2,1-5H3,(H,30,37)(H2,29,33,34). The maximum absolute atomic E-state index is 13.7. The van der Waals surface area contributed by atoms with E-state index >= 15 is 0 Å². The van der Waals surface area contributed by atoms with Gasteiger partial charge in [0.05, 0.1) is 36.0 Å². The number of H-pyrrole nitrogens is 1. The molecule has 0 spiro atoms. The summed E-state index contributed by atoms with van der Waals surface area (Å²) in [4.78, 5) is 46.0. The molecule has 39 heavy (non-hydrogen) atoms. The molecule has 1 aliphatic heterocycles. The van der Waals surface area contributed by atoms with Crippen molar-refractivity contribution in [2.75, 3.05) is 43.9 Å². The fraction of sp³-hybridized carbons (Fsp3) is 0.370. The van der Waals surface area contributed by atoms with E-state index in [0.29, 0.717) is 40.6 Å². The second-order valence-corrected chi connectivity index (χ2v) is 9.55. The average molecular weight is 553 g/mol. The quantitative estimate of drug-likeness (QED) is 0.257. The molecule has 0 saturated carbocycles. The molecule has 0 saturated heterocycles. The van der Waals surface area contributed by atoms with Gasteiger partial charge in [0.2, 0.25) is 5.95 Å². The molecule has 0 radical (unpaired) electrons. The first-order valence-electron chi connectivity index (χ1n) is 12.7. The topological polar surface area (TPSA) is 142 Å². The molecular weight excluding hydrogens is 520 g/mol. The number of ether oxygens (including phenoxy) is 1. The number of nitrogens with one attached hydrogen (secondary N) is 2. The van der Waals surface area contributed by atoms with Crippen molar-refractivity contribution in [2.24, 2.45) is 0 Å². The first-order valence-corrected chi connectivity index (χ1v) is 13.1. The molecule has 0 aliphatic carbocycles. The molecule has 0 bridgehead atoms. The first-order chi connectivity index (χ1) is 18.7. The van der Waals surface area contributed by atoms with Crippen LogP contribution in [0.2, 0.25) is 5.15 Å². The van der Waals surface area contributed by atoms with Gasteiger partial charge in [0, 0.05) is 42.3 Å². The van der Waals surface area contributed by atoms with E-state index in [1.165, 1.54) is 4.90 Å². The molecule has 4 rings (SSSR count). The van der Waals surface area contributed by atoms with Gasteiger partial charge in [-0.2, -0.15) is 4.98 Å². The number of aromatic amines is 1. The summed E-state index contributed by atoms with van der Waals surface area (Å²) < 4.78 is 5.52. The second kappa shape index (κ2) is 11.8. The highest BCUT2D eigenvalue weighted by Crippen LogP contribution is 2.41. The lowest BCUT2D eigenvalue weighted by Crippen LogP contribution is -2.34. The van der Waals surface area contributed by atoms with Gasteiger partial charge in [-0.3, -0.25) is 19.5 Å². The minimum atomic E-state index is -0.340. The van der Waals surface area contributed by atoms with Crippen LogP contribution in [0.3, 0.4) is 0 Å². The van der Waals surface area contributed by atoms with Gasteiger partial charge in [-0.1, -0.05) is 25.4 Å². The molecule has 4 N–H and O–H groups in total. The van der Waals surface area contributed by atoms with E-state index in [2.05, 4.69) is 44.0 Å². The molecule has 0 fully saturated rings. The zero-order valence-corrected chi connectivity index (χ0v) is 23.5. The lowest BCUT2D eigenvalue weighted by atomic mass is 10.1. The highest BCUT2D eigenvalue weighted by atomic mass is 35.5. The largest absolute Gasteiger partial charge is 0.496 e. The average Bonchev–Trinajstić information content (AvgIpc) is 3.47. The fourth-order valence-corrected chi connectivity index (χ4v) is 4.90. The van der Waals surface area contributed by atoms with Crippen LogP contribution in [0.25, 0.3) is 11.6 Å². The molecule has 12 heteroatoms. The van der Waals surface area contributed by atoms with Crippen LogP contribution in [-0.4, -0.2) is 69.9 Å². The van der Waals surface area contributed by atoms with Crippen molar-refractivity contribution >= 4 is 46.8 Å². The van der Waals surface area contributed by atoms with Gasteiger partial charge in [-0.25, -0.2) is 4.98 Å². The summed E-state index contributed by atoms with van der Waals surface area (Å²) in [5.74, 6) is 0.411.